The van der Waals surface area contributed by atoms with Crippen molar-refractivity contribution < 1.29 is 26.6 Å². The number of nitrogens with zero attached hydrogens (tertiary/aromatic N) is 1. The van der Waals surface area contributed by atoms with Crippen LogP contribution in [0.4, 0.5) is 9.57 Å². The van der Waals surface area contributed by atoms with E-state index in [0.717, 1.165) is 0 Å². The minimum absolute atomic E-state index is 0.0488. The van der Waals surface area contributed by atoms with Gasteiger partial charge in [-0.1, -0.05) is 0 Å². The second kappa shape index (κ2) is 6.33. The molecule has 1 saturated heterocycles. The van der Waals surface area contributed by atoms with E-state index in [4.69, 9.17) is 0 Å². The second-order valence-corrected chi connectivity index (χ2v) is 7.20. The minimum atomic E-state index is -4.63. The molecule has 6 nitrogen and oxygen atoms in total. The zero-order valence-electron chi connectivity index (χ0n) is 11.6. The zero-order chi connectivity index (χ0) is 16.5. The second-order valence-electron chi connectivity index (χ2n) is 4.94. The van der Waals surface area contributed by atoms with Gasteiger partial charge < -0.3 is 9.64 Å². The molecule has 1 fully saturated rings. The predicted octanol–water partition coefficient (Wildman–Crippen LogP) is 1.89. The molecule has 120 valence electrons. The SMILES string of the molecule is COC(=O)c1cc(N2CC(CS(=O)(=O)F)CC2=O)ccc1Br. The molecular formula is C13H13BrFNO5S. The molecule has 1 atom stereocenters. The Morgan fingerprint density at radius 1 is 1.50 bits per heavy atom. The summed E-state index contributed by atoms with van der Waals surface area (Å²) in [6.45, 7) is 0.0875. The number of amides is 1. The molecule has 0 bridgehead atoms. The Hall–Kier alpha value is -1.48. The van der Waals surface area contributed by atoms with Gasteiger partial charge in [-0.05, 0) is 34.1 Å². The summed E-state index contributed by atoms with van der Waals surface area (Å²) < 4.78 is 39.3. The molecule has 1 heterocycles. The van der Waals surface area contributed by atoms with Crippen LogP contribution in [0.5, 0.6) is 0 Å². The van der Waals surface area contributed by atoms with Gasteiger partial charge in [-0.2, -0.15) is 8.42 Å². The van der Waals surface area contributed by atoms with Gasteiger partial charge in [-0.15, -0.1) is 3.89 Å². The number of benzene rings is 1. The van der Waals surface area contributed by atoms with Gasteiger partial charge in [0.1, 0.15) is 0 Å². The van der Waals surface area contributed by atoms with Crippen LogP contribution in [0.2, 0.25) is 0 Å². The molecule has 9 heteroatoms. The Labute approximate surface area is 135 Å². The summed E-state index contributed by atoms with van der Waals surface area (Å²) in [5.74, 6) is -2.17. The van der Waals surface area contributed by atoms with Crippen molar-refractivity contribution in [1.82, 2.24) is 0 Å². The molecule has 1 unspecified atom stereocenters. The number of anilines is 1. The maximum atomic E-state index is 12.7. The molecule has 1 aliphatic rings. The molecule has 1 aromatic carbocycles. The van der Waals surface area contributed by atoms with Crippen molar-refractivity contribution in [3.63, 3.8) is 0 Å². The summed E-state index contributed by atoms with van der Waals surface area (Å²) in [5.41, 5.74) is 0.682. The third-order valence-corrected chi connectivity index (χ3v) is 4.87. The fraction of sp³-hybridized carbons (Fsp3) is 0.385. The van der Waals surface area contributed by atoms with Gasteiger partial charge >= 0.3 is 16.2 Å². The molecule has 0 saturated carbocycles. The maximum Gasteiger partial charge on any atom is 0.339 e. The van der Waals surface area contributed by atoms with Crippen LogP contribution in [-0.4, -0.2) is 39.7 Å². The van der Waals surface area contributed by atoms with Crippen molar-refractivity contribution in [1.29, 1.82) is 0 Å². The van der Waals surface area contributed by atoms with Crippen molar-refractivity contribution in [2.45, 2.75) is 6.42 Å². The van der Waals surface area contributed by atoms with Crippen LogP contribution in [0.15, 0.2) is 22.7 Å². The van der Waals surface area contributed by atoms with Crippen LogP contribution >= 0.6 is 15.9 Å². The number of carbonyl (C=O) groups is 2. The standard InChI is InChI=1S/C13H13BrFNO5S/c1-21-13(18)10-5-9(2-3-11(10)14)16-6-8(4-12(16)17)7-22(15,19)20/h2-3,5,8H,4,6-7H2,1H3. The molecule has 1 amide bonds. The normalized spacial score (nSPS) is 18.6. The topological polar surface area (TPSA) is 80.8 Å². The lowest BCUT2D eigenvalue weighted by molar-refractivity contribution is -0.117. The van der Waals surface area contributed by atoms with E-state index >= 15 is 0 Å². The third kappa shape index (κ3) is 3.83. The average molecular weight is 394 g/mol. The lowest BCUT2D eigenvalue weighted by Gasteiger charge is -2.17. The van der Waals surface area contributed by atoms with Crippen LogP contribution in [0.3, 0.4) is 0 Å². The number of halogens is 2. The van der Waals surface area contributed by atoms with Crippen molar-refractivity contribution in [2.75, 3.05) is 24.3 Å². The number of ether oxygens (including phenoxy) is 1. The first kappa shape index (κ1) is 16.9. The summed E-state index contributed by atoms with van der Waals surface area (Å²) in [7, 11) is -3.39. The molecular weight excluding hydrogens is 381 g/mol. The molecule has 22 heavy (non-hydrogen) atoms. The molecule has 2 rings (SSSR count). The number of hydrogen-bond acceptors (Lipinski definition) is 5. The first-order valence-corrected chi connectivity index (χ1v) is 8.66. The summed E-state index contributed by atoms with van der Waals surface area (Å²) in [6, 6.07) is 4.68. The van der Waals surface area contributed by atoms with Gasteiger partial charge in [-0.3, -0.25) is 4.79 Å². The van der Waals surface area contributed by atoms with E-state index in [2.05, 4.69) is 20.7 Å². The van der Waals surface area contributed by atoms with Crippen LogP contribution in [0.1, 0.15) is 16.8 Å². The van der Waals surface area contributed by atoms with E-state index < -0.39 is 27.9 Å². The van der Waals surface area contributed by atoms with Crippen molar-refractivity contribution >= 4 is 43.7 Å². The molecule has 1 aliphatic heterocycles. The Balaban J connectivity index is 2.25. The van der Waals surface area contributed by atoms with Gasteiger partial charge in [0.05, 0.1) is 18.4 Å². The first-order chi connectivity index (χ1) is 10.2. The highest BCUT2D eigenvalue weighted by Gasteiger charge is 2.34. The Morgan fingerprint density at radius 2 is 2.18 bits per heavy atom. The molecule has 0 aromatic heterocycles. The zero-order valence-corrected chi connectivity index (χ0v) is 14.0. The molecule has 0 N–H and O–H groups in total. The highest BCUT2D eigenvalue weighted by Crippen LogP contribution is 2.29. The molecule has 0 spiro atoms. The van der Waals surface area contributed by atoms with Crippen LogP contribution in [0, 0.1) is 5.92 Å². The van der Waals surface area contributed by atoms with E-state index in [1.54, 1.807) is 12.1 Å². The average Bonchev–Trinajstić information content (AvgIpc) is 2.77. The quantitative estimate of drug-likeness (QED) is 0.576. The Morgan fingerprint density at radius 3 is 2.77 bits per heavy atom. The largest absolute Gasteiger partial charge is 0.465 e. The maximum absolute atomic E-state index is 12.7. The summed E-state index contributed by atoms with van der Waals surface area (Å²) in [4.78, 5) is 25.0. The molecule has 1 aromatic rings. The van der Waals surface area contributed by atoms with Gasteiger partial charge in [0.15, 0.2) is 0 Å². The first-order valence-electron chi connectivity index (χ1n) is 6.32. The van der Waals surface area contributed by atoms with E-state index in [0.29, 0.717) is 10.2 Å². The molecule has 0 radical (unpaired) electrons. The third-order valence-electron chi connectivity index (χ3n) is 3.31. The lowest BCUT2D eigenvalue weighted by Crippen LogP contribution is -2.25. The minimum Gasteiger partial charge on any atom is -0.465 e. The Kier molecular flexibility index (Phi) is 4.86. The van der Waals surface area contributed by atoms with Crippen LogP contribution in [0.25, 0.3) is 0 Å². The highest BCUT2D eigenvalue weighted by molar-refractivity contribution is 9.10. The van der Waals surface area contributed by atoms with Crippen molar-refractivity contribution in [3.05, 3.63) is 28.2 Å². The van der Waals surface area contributed by atoms with E-state index in [-0.39, 0.29) is 24.4 Å². The monoisotopic (exact) mass is 393 g/mol. The summed E-state index contributed by atoms with van der Waals surface area (Å²) in [6.07, 6.45) is -0.0488. The Bertz CT molecular complexity index is 721. The smallest absolute Gasteiger partial charge is 0.339 e. The fourth-order valence-corrected chi connectivity index (χ4v) is 3.57. The van der Waals surface area contributed by atoms with Gasteiger partial charge in [0, 0.05) is 29.0 Å². The number of esters is 1. The number of rotatable bonds is 4. The lowest BCUT2D eigenvalue weighted by atomic mass is 10.1. The molecule has 0 aliphatic carbocycles. The highest BCUT2D eigenvalue weighted by atomic mass is 79.9. The predicted molar refractivity (Wildman–Crippen MR) is 80.8 cm³/mol. The van der Waals surface area contributed by atoms with Gasteiger partial charge in [0.2, 0.25) is 5.91 Å². The van der Waals surface area contributed by atoms with Crippen LogP contribution in [-0.2, 0) is 19.8 Å². The van der Waals surface area contributed by atoms with E-state index in [9.17, 15) is 21.9 Å². The van der Waals surface area contributed by atoms with Crippen molar-refractivity contribution in [3.8, 4) is 0 Å². The van der Waals surface area contributed by atoms with Crippen molar-refractivity contribution in [2.24, 2.45) is 5.92 Å². The van der Waals surface area contributed by atoms with E-state index in [1.807, 2.05) is 0 Å². The number of methoxy groups -OCH3 is 1. The van der Waals surface area contributed by atoms with E-state index in [1.165, 1.54) is 18.1 Å². The van der Waals surface area contributed by atoms with Gasteiger partial charge in [-0.25, -0.2) is 4.79 Å². The van der Waals surface area contributed by atoms with Gasteiger partial charge in [0.25, 0.3) is 0 Å². The number of hydrogen-bond donors (Lipinski definition) is 0. The fourth-order valence-electron chi connectivity index (χ4n) is 2.37. The van der Waals surface area contributed by atoms with Crippen LogP contribution < -0.4 is 4.90 Å². The number of carbonyl (C=O) groups excluding carboxylic acids is 2. The summed E-state index contributed by atoms with van der Waals surface area (Å²) >= 11 is 3.21. The summed E-state index contributed by atoms with van der Waals surface area (Å²) in [5, 5.41) is 0.